The number of aliphatic imine (C=N–C) groups is 1. The Hall–Kier alpha value is -4.05. The number of hydrogen-bond acceptors (Lipinski definition) is 4. The van der Waals surface area contributed by atoms with Gasteiger partial charge in [-0.2, -0.15) is 0 Å². The van der Waals surface area contributed by atoms with Crippen LogP contribution in [0.4, 0.5) is 28.4 Å². The standard InChI is InChI=1S/C33H35N3O/c1-32(2,3)25-21-24(31(35-37)28(22-25)33(4,5)6)23-34-29-19-13-14-20-30(29)36(26-15-9-7-10-16-26)27-17-11-8-12-18-27/h7-23H,1-6H3/b34-23+. The van der Waals surface area contributed by atoms with Crippen LogP contribution in [0.2, 0.25) is 0 Å². The van der Waals surface area contributed by atoms with Crippen molar-refractivity contribution in [3.8, 4) is 0 Å². The number of nitrogens with zero attached hydrogens (tertiary/aromatic N) is 3. The fraction of sp³-hybridized carbons (Fsp3) is 0.242. The number of hydrogen-bond donors (Lipinski definition) is 0. The Morgan fingerprint density at radius 1 is 0.676 bits per heavy atom. The topological polar surface area (TPSA) is 45.0 Å². The Balaban J connectivity index is 1.88. The van der Waals surface area contributed by atoms with E-state index in [2.05, 4.69) is 88.0 Å². The van der Waals surface area contributed by atoms with E-state index in [1.807, 2.05) is 60.7 Å². The van der Waals surface area contributed by atoms with Gasteiger partial charge in [-0.25, -0.2) is 0 Å². The Kier molecular flexibility index (Phi) is 7.40. The minimum Gasteiger partial charge on any atom is -0.308 e. The molecular weight excluding hydrogens is 454 g/mol. The lowest BCUT2D eigenvalue weighted by Crippen LogP contribution is -2.17. The molecule has 0 amide bonds. The van der Waals surface area contributed by atoms with Gasteiger partial charge in [0.25, 0.3) is 0 Å². The molecule has 0 N–H and O–H groups in total. The molecule has 0 atom stereocenters. The highest BCUT2D eigenvalue weighted by Crippen LogP contribution is 2.41. The van der Waals surface area contributed by atoms with Crippen LogP contribution in [-0.4, -0.2) is 6.21 Å². The molecular formula is C33H35N3O. The fourth-order valence-corrected chi connectivity index (χ4v) is 4.34. The van der Waals surface area contributed by atoms with Gasteiger partial charge < -0.3 is 4.90 Å². The SMILES string of the molecule is CC(C)(C)c1cc(/C=N/c2ccccc2N(c2ccccc2)c2ccccc2)c(N=O)c(C(C)(C)C)c1. The third-order valence-electron chi connectivity index (χ3n) is 6.40. The van der Waals surface area contributed by atoms with Crippen molar-refractivity contribution in [1.29, 1.82) is 0 Å². The number of rotatable bonds is 6. The number of benzene rings is 4. The summed E-state index contributed by atoms with van der Waals surface area (Å²) in [6.07, 6.45) is 1.79. The molecule has 0 saturated heterocycles. The van der Waals surface area contributed by atoms with E-state index in [-0.39, 0.29) is 10.8 Å². The maximum atomic E-state index is 12.1. The molecule has 0 aliphatic rings. The molecule has 0 radical (unpaired) electrons. The molecule has 0 heterocycles. The molecule has 4 nitrogen and oxygen atoms in total. The van der Waals surface area contributed by atoms with Crippen LogP contribution in [0.5, 0.6) is 0 Å². The van der Waals surface area contributed by atoms with Crippen LogP contribution < -0.4 is 4.90 Å². The van der Waals surface area contributed by atoms with Crippen LogP contribution in [0.25, 0.3) is 0 Å². The van der Waals surface area contributed by atoms with E-state index in [0.29, 0.717) is 5.69 Å². The van der Waals surface area contributed by atoms with Gasteiger partial charge in [0.2, 0.25) is 0 Å². The highest BCUT2D eigenvalue weighted by molar-refractivity contribution is 5.92. The zero-order chi connectivity index (χ0) is 26.6. The first-order valence-electron chi connectivity index (χ1n) is 12.7. The average Bonchev–Trinajstić information content (AvgIpc) is 2.88. The molecule has 0 aromatic heterocycles. The van der Waals surface area contributed by atoms with Crippen LogP contribution in [0.3, 0.4) is 0 Å². The predicted molar refractivity (Wildman–Crippen MR) is 158 cm³/mol. The summed E-state index contributed by atoms with van der Waals surface area (Å²) in [6, 6.07) is 32.7. The summed E-state index contributed by atoms with van der Waals surface area (Å²) in [4.78, 5) is 19.2. The van der Waals surface area contributed by atoms with E-state index in [1.54, 1.807) is 6.21 Å². The number of anilines is 3. The summed E-state index contributed by atoms with van der Waals surface area (Å²) in [6.45, 7) is 12.9. The second kappa shape index (κ2) is 10.5. The third kappa shape index (κ3) is 5.86. The first kappa shape index (κ1) is 26.0. The smallest absolute Gasteiger partial charge is 0.120 e. The van der Waals surface area contributed by atoms with E-state index in [1.165, 1.54) is 0 Å². The van der Waals surface area contributed by atoms with Crippen molar-refractivity contribution in [2.75, 3.05) is 4.90 Å². The normalized spacial score (nSPS) is 12.1. The lowest BCUT2D eigenvalue weighted by molar-refractivity contribution is 0.569. The van der Waals surface area contributed by atoms with E-state index in [4.69, 9.17) is 4.99 Å². The van der Waals surface area contributed by atoms with Crippen molar-refractivity contribution in [2.45, 2.75) is 52.4 Å². The van der Waals surface area contributed by atoms with E-state index in [9.17, 15) is 4.91 Å². The number of para-hydroxylation sites is 4. The summed E-state index contributed by atoms with van der Waals surface area (Å²) in [5, 5.41) is 3.47. The van der Waals surface area contributed by atoms with E-state index < -0.39 is 0 Å². The molecule has 188 valence electrons. The van der Waals surface area contributed by atoms with Crippen LogP contribution in [-0.2, 0) is 10.8 Å². The second-order valence-electron chi connectivity index (χ2n) is 11.3. The van der Waals surface area contributed by atoms with Gasteiger partial charge >= 0.3 is 0 Å². The van der Waals surface area contributed by atoms with Crippen LogP contribution >= 0.6 is 0 Å². The minimum absolute atomic E-state index is 0.0840. The van der Waals surface area contributed by atoms with Gasteiger partial charge in [0, 0.05) is 23.2 Å². The van der Waals surface area contributed by atoms with Gasteiger partial charge in [0.15, 0.2) is 0 Å². The summed E-state index contributed by atoms with van der Waals surface area (Å²) >= 11 is 0. The molecule has 4 aromatic carbocycles. The predicted octanol–water partition coefficient (Wildman–Crippen LogP) is 9.90. The molecule has 37 heavy (non-hydrogen) atoms. The van der Waals surface area contributed by atoms with Crippen molar-refractivity contribution in [3.05, 3.63) is 119 Å². The quantitative estimate of drug-likeness (QED) is 0.200. The van der Waals surface area contributed by atoms with Gasteiger partial charge in [0.05, 0.1) is 11.4 Å². The van der Waals surface area contributed by atoms with Gasteiger partial charge in [-0.1, -0.05) is 96.1 Å². The van der Waals surface area contributed by atoms with Crippen LogP contribution in [0.15, 0.2) is 107 Å². The highest BCUT2D eigenvalue weighted by Gasteiger charge is 2.25. The van der Waals surface area contributed by atoms with Gasteiger partial charge in [-0.05, 0) is 69.6 Å². The molecule has 0 fully saturated rings. The van der Waals surface area contributed by atoms with Gasteiger partial charge in [0.1, 0.15) is 5.69 Å². The summed E-state index contributed by atoms with van der Waals surface area (Å²) in [5.74, 6) is 0. The first-order chi connectivity index (χ1) is 17.6. The molecule has 0 aliphatic heterocycles. The Morgan fingerprint density at radius 2 is 1.22 bits per heavy atom. The largest absolute Gasteiger partial charge is 0.308 e. The van der Waals surface area contributed by atoms with Crippen molar-refractivity contribution >= 4 is 34.7 Å². The van der Waals surface area contributed by atoms with E-state index >= 15 is 0 Å². The molecule has 0 bridgehead atoms. The monoisotopic (exact) mass is 489 g/mol. The third-order valence-corrected chi connectivity index (χ3v) is 6.40. The summed E-state index contributed by atoms with van der Waals surface area (Å²) in [5.41, 5.74) is 6.76. The summed E-state index contributed by atoms with van der Waals surface area (Å²) in [7, 11) is 0. The second-order valence-corrected chi connectivity index (χ2v) is 11.3. The molecule has 4 rings (SSSR count). The molecule has 0 spiro atoms. The number of nitroso groups, excluding NO2 is 1. The van der Waals surface area contributed by atoms with Crippen LogP contribution in [0.1, 0.15) is 58.2 Å². The summed E-state index contributed by atoms with van der Waals surface area (Å²) < 4.78 is 0. The maximum Gasteiger partial charge on any atom is 0.120 e. The Bertz CT molecular complexity index is 1360. The van der Waals surface area contributed by atoms with Gasteiger partial charge in [-0.3, -0.25) is 4.99 Å². The Morgan fingerprint density at radius 3 is 1.73 bits per heavy atom. The van der Waals surface area contributed by atoms with Crippen LogP contribution in [0, 0.1) is 4.91 Å². The molecule has 4 heteroatoms. The van der Waals surface area contributed by atoms with E-state index in [0.717, 1.165) is 39.4 Å². The van der Waals surface area contributed by atoms with Crippen molar-refractivity contribution < 1.29 is 0 Å². The molecule has 0 saturated carbocycles. The zero-order valence-electron chi connectivity index (χ0n) is 22.6. The van der Waals surface area contributed by atoms with Crippen molar-refractivity contribution in [2.24, 2.45) is 10.2 Å². The highest BCUT2D eigenvalue weighted by atomic mass is 16.3. The van der Waals surface area contributed by atoms with Crippen molar-refractivity contribution in [3.63, 3.8) is 0 Å². The lowest BCUT2D eigenvalue weighted by Gasteiger charge is -2.27. The first-order valence-corrected chi connectivity index (χ1v) is 12.7. The average molecular weight is 490 g/mol. The van der Waals surface area contributed by atoms with Gasteiger partial charge in [-0.15, -0.1) is 4.91 Å². The molecule has 0 aliphatic carbocycles. The molecule has 4 aromatic rings. The minimum atomic E-state index is -0.234. The molecule has 0 unspecified atom stereocenters. The fourth-order valence-electron chi connectivity index (χ4n) is 4.34. The lowest BCUT2D eigenvalue weighted by atomic mass is 9.78. The Labute approximate surface area is 220 Å². The van der Waals surface area contributed by atoms with Crippen molar-refractivity contribution in [1.82, 2.24) is 0 Å². The maximum absolute atomic E-state index is 12.1. The zero-order valence-corrected chi connectivity index (χ0v) is 22.6.